The summed E-state index contributed by atoms with van der Waals surface area (Å²) in [4.78, 5) is 17.6. The second-order valence-corrected chi connectivity index (χ2v) is 7.75. The number of nitrogens with zero attached hydrogens (tertiary/aromatic N) is 1. The van der Waals surface area contributed by atoms with Crippen molar-refractivity contribution in [2.24, 2.45) is 0 Å². The highest BCUT2D eigenvalue weighted by Gasteiger charge is 2.10. The third-order valence-corrected chi connectivity index (χ3v) is 5.44. The maximum atomic E-state index is 12.1. The van der Waals surface area contributed by atoms with Crippen LogP contribution in [0.3, 0.4) is 0 Å². The van der Waals surface area contributed by atoms with Crippen molar-refractivity contribution in [2.45, 2.75) is 18.7 Å². The van der Waals surface area contributed by atoms with Crippen molar-refractivity contribution in [2.75, 3.05) is 11.1 Å². The molecule has 0 bridgehead atoms. The van der Waals surface area contributed by atoms with Crippen LogP contribution in [0.15, 0.2) is 41.3 Å². The number of thioether (sulfide) groups is 1. The maximum Gasteiger partial charge on any atom is 0.236 e. The summed E-state index contributed by atoms with van der Waals surface area (Å²) >= 11 is 8.83. The Morgan fingerprint density at radius 2 is 2.00 bits per heavy atom. The molecule has 1 amide bonds. The van der Waals surface area contributed by atoms with Gasteiger partial charge in [0.25, 0.3) is 0 Å². The molecule has 23 heavy (non-hydrogen) atoms. The molecule has 0 spiro atoms. The minimum absolute atomic E-state index is 0.0571. The van der Waals surface area contributed by atoms with Crippen molar-refractivity contribution >= 4 is 56.0 Å². The molecule has 6 heteroatoms. The molecule has 3 aromatic rings. The van der Waals surface area contributed by atoms with Gasteiger partial charge in [-0.15, -0.1) is 11.8 Å². The van der Waals surface area contributed by atoms with E-state index in [1.54, 1.807) is 0 Å². The summed E-state index contributed by atoms with van der Waals surface area (Å²) in [6, 6.07) is 11.7. The van der Waals surface area contributed by atoms with Gasteiger partial charge >= 0.3 is 0 Å². The highest BCUT2D eigenvalue weighted by Crippen LogP contribution is 2.29. The molecule has 1 N–H and O–H groups in total. The van der Waals surface area contributed by atoms with Gasteiger partial charge in [0.15, 0.2) is 5.13 Å². The van der Waals surface area contributed by atoms with Gasteiger partial charge in [-0.1, -0.05) is 29.0 Å². The zero-order valence-corrected chi connectivity index (χ0v) is 15.1. The predicted octanol–water partition coefficient (Wildman–Crippen LogP) is 5.30. The fourth-order valence-electron chi connectivity index (χ4n) is 2.26. The summed E-state index contributed by atoms with van der Waals surface area (Å²) < 4.78 is 1.10. The van der Waals surface area contributed by atoms with Crippen LogP contribution in [-0.2, 0) is 4.79 Å². The first kappa shape index (κ1) is 16.3. The molecule has 0 fully saturated rings. The van der Waals surface area contributed by atoms with E-state index in [0.29, 0.717) is 15.9 Å². The predicted molar refractivity (Wildman–Crippen MR) is 99.9 cm³/mol. The van der Waals surface area contributed by atoms with Crippen LogP contribution < -0.4 is 5.32 Å². The van der Waals surface area contributed by atoms with Crippen LogP contribution in [0.2, 0.25) is 5.02 Å². The zero-order valence-electron chi connectivity index (χ0n) is 12.7. The van der Waals surface area contributed by atoms with Gasteiger partial charge in [0.1, 0.15) is 0 Å². The van der Waals surface area contributed by atoms with Crippen LogP contribution in [0.25, 0.3) is 10.2 Å². The lowest BCUT2D eigenvalue weighted by Crippen LogP contribution is -2.13. The Kier molecular flexibility index (Phi) is 4.90. The summed E-state index contributed by atoms with van der Waals surface area (Å²) in [6.07, 6.45) is 0. The van der Waals surface area contributed by atoms with Crippen molar-refractivity contribution < 1.29 is 4.79 Å². The Balaban J connectivity index is 1.65. The zero-order chi connectivity index (χ0) is 16.4. The smallest absolute Gasteiger partial charge is 0.236 e. The van der Waals surface area contributed by atoms with Crippen LogP contribution in [0.1, 0.15) is 11.1 Å². The van der Waals surface area contributed by atoms with Gasteiger partial charge in [-0.05, 0) is 55.3 Å². The minimum atomic E-state index is -0.0571. The van der Waals surface area contributed by atoms with E-state index in [0.717, 1.165) is 20.7 Å². The van der Waals surface area contributed by atoms with Crippen molar-refractivity contribution in [3.63, 3.8) is 0 Å². The summed E-state index contributed by atoms with van der Waals surface area (Å²) in [5.74, 6) is 0.286. The molecule has 2 aromatic carbocycles. The molecule has 0 atom stereocenters. The fourth-order valence-corrected chi connectivity index (χ4v) is 4.14. The van der Waals surface area contributed by atoms with Gasteiger partial charge < -0.3 is 5.32 Å². The van der Waals surface area contributed by atoms with Crippen molar-refractivity contribution in [1.29, 1.82) is 0 Å². The van der Waals surface area contributed by atoms with Crippen molar-refractivity contribution in [3.8, 4) is 0 Å². The number of benzene rings is 2. The highest BCUT2D eigenvalue weighted by atomic mass is 35.5. The second-order valence-electron chi connectivity index (χ2n) is 5.24. The molecule has 0 aliphatic rings. The van der Waals surface area contributed by atoms with E-state index >= 15 is 0 Å². The van der Waals surface area contributed by atoms with E-state index in [1.807, 2.05) is 31.2 Å². The molecule has 0 saturated heterocycles. The normalized spacial score (nSPS) is 10.9. The van der Waals surface area contributed by atoms with Crippen LogP contribution in [-0.4, -0.2) is 16.6 Å². The molecule has 0 unspecified atom stereocenters. The van der Waals surface area contributed by atoms with Crippen LogP contribution >= 0.6 is 34.7 Å². The van der Waals surface area contributed by atoms with E-state index < -0.39 is 0 Å². The molecule has 0 radical (unpaired) electrons. The molecular weight excluding hydrogens is 348 g/mol. The summed E-state index contributed by atoms with van der Waals surface area (Å²) in [7, 11) is 0. The number of hydrogen-bond donors (Lipinski definition) is 1. The van der Waals surface area contributed by atoms with E-state index in [2.05, 4.69) is 29.4 Å². The van der Waals surface area contributed by atoms with E-state index in [-0.39, 0.29) is 5.91 Å². The third-order valence-electron chi connectivity index (χ3n) is 3.26. The molecule has 0 aliphatic heterocycles. The maximum absolute atomic E-state index is 12.1. The quantitative estimate of drug-likeness (QED) is 0.640. The van der Waals surface area contributed by atoms with Gasteiger partial charge in [-0.3, -0.25) is 4.79 Å². The number of fused-ring (bicyclic) bond motifs is 1. The lowest BCUT2D eigenvalue weighted by atomic mass is 10.1. The number of nitrogens with one attached hydrogen (secondary N) is 1. The summed E-state index contributed by atoms with van der Waals surface area (Å²) in [5.41, 5.74) is 3.29. The monoisotopic (exact) mass is 362 g/mol. The second kappa shape index (κ2) is 6.91. The SMILES string of the molecule is Cc1cc(C)c2nc(NC(=O)CSc3ccc(Cl)cc3)sc2c1. The van der Waals surface area contributed by atoms with Crippen molar-refractivity contribution in [1.82, 2.24) is 4.98 Å². The molecule has 118 valence electrons. The first-order valence-corrected chi connectivity index (χ1v) is 9.25. The number of hydrogen-bond acceptors (Lipinski definition) is 4. The van der Waals surface area contributed by atoms with Gasteiger partial charge in [0.2, 0.25) is 5.91 Å². The first-order valence-electron chi connectivity index (χ1n) is 7.07. The van der Waals surface area contributed by atoms with Gasteiger partial charge in [0, 0.05) is 9.92 Å². The molecule has 3 rings (SSSR count). The van der Waals surface area contributed by atoms with Gasteiger partial charge in [0.05, 0.1) is 16.0 Å². The number of halogens is 1. The van der Waals surface area contributed by atoms with Gasteiger partial charge in [-0.2, -0.15) is 0 Å². The number of anilines is 1. The Labute approximate surface area is 148 Å². The number of carbonyl (C=O) groups is 1. The lowest BCUT2D eigenvalue weighted by molar-refractivity contribution is -0.113. The number of rotatable bonds is 4. The van der Waals surface area contributed by atoms with E-state index in [4.69, 9.17) is 11.6 Å². The number of thiazole rings is 1. The Bertz CT molecular complexity index is 859. The Morgan fingerprint density at radius 3 is 2.74 bits per heavy atom. The first-order chi connectivity index (χ1) is 11.0. The molecule has 0 aliphatic carbocycles. The van der Waals surface area contributed by atoms with Crippen LogP contribution in [0, 0.1) is 13.8 Å². The Morgan fingerprint density at radius 1 is 1.26 bits per heavy atom. The standard InChI is InChI=1S/C17H15ClN2OS2/c1-10-7-11(2)16-14(8-10)23-17(20-16)19-15(21)9-22-13-5-3-12(18)4-6-13/h3-8H,9H2,1-2H3,(H,19,20,21). The van der Waals surface area contributed by atoms with Crippen LogP contribution in [0.5, 0.6) is 0 Å². The average Bonchev–Trinajstić information content (AvgIpc) is 2.89. The van der Waals surface area contributed by atoms with Crippen LogP contribution in [0.4, 0.5) is 5.13 Å². The largest absolute Gasteiger partial charge is 0.301 e. The van der Waals surface area contributed by atoms with Crippen molar-refractivity contribution in [3.05, 3.63) is 52.5 Å². The number of amides is 1. The fraction of sp³-hybridized carbons (Fsp3) is 0.176. The number of carbonyl (C=O) groups excluding carboxylic acids is 1. The molecule has 0 saturated carbocycles. The summed E-state index contributed by atoms with van der Waals surface area (Å²) in [5, 5.41) is 4.22. The van der Waals surface area contributed by atoms with E-state index in [9.17, 15) is 4.79 Å². The third kappa shape index (κ3) is 4.05. The molecule has 1 aromatic heterocycles. The van der Waals surface area contributed by atoms with E-state index in [1.165, 1.54) is 28.7 Å². The molecule has 3 nitrogen and oxygen atoms in total. The Hall–Kier alpha value is -1.56. The topological polar surface area (TPSA) is 42.0 Å². The number of aromatic nitrogens is 1. The highest BCUT2D eigenvalue weighted by molar-refractivity contribution is 8.00. The lowest BCUT2D eigenvalue weighted by Gasteiger charge is -2.02. The minimum Gasteiger partial charge on any atom is -0.301 e. The van der Waals surface area contributed by atoms with Gasteiger partial charge in [-0.25, -0.2) is 4.98 Å². The number of aryl methyl sites for hydroxylation is 2. The molecular formula is C17H15ClN2OS2. The summed E-state index contributed by atoms with van der Waals surface area (Å²) in [6.45, 7) is 4.10. The average molecular weight is 363 g/mol. The molecule has 1 heterocycles.